The quantitative estimate of drug-likeness (QED) is 0.550. The molecule has 84 valence electrons. The molecular formula is C10H20O4. The molecule has 0 fully saturated rings. The standard InChI is InChI=1S/C10H20O4/c1-2-3-4-6-13-8-9-14-7-5-10(11)12/h2-9H2,1H3,(H,11,12). The van der Waals surface area contributed by atoms with Crippen LogP contribution in [-0.4, -0.2) is 37.5 Å². The van der Waals surface area contributed by atoms with Gasteiger partial charge in [-0.05, 0) is 6.42 Å². The third-order valence-electron chi connectivity index (χ3n) is 1.72. The lowest BCUT2D eigenvalue weighted by atomic mass is 10.3. The summed E-state index contributed by atoms with van der Waals surface area (Å²) < 4.78 is 10.3. The summed E-state index contributed by atoms with van der Waals surface area (Å²) in [6.45, 7) is 4.24. The minimum absolute atomic E-state index is 0.0653. The second-order valence-corrected chi connectivity index (χ2v) is 3.08. The molecule has 4 nitrogen and oxygen atoms in total. The fraction of sp³-hybridized carbons (Fsp3) is 0.900. The van der Waals surface area contributed by atoms with Gasteiger partial charge in [0.05, 0.1) is 26.2 Å². The van der Waals surface area contributed by atoms with E-state index in [1.807, 2.05) is 0 Å². The first-order valence-corrected chi connectivity index (χ1v) is 5.14. The normalized spacial score (nSPS) is 10.4. The molecule has 0 aromatic rings. The topological polar surface area (TPSA) is 55.8 Å². The molecule has 0 amide bonds. The van der Waals surface area contributed by atoms with Crippen LogP contribution < -0.4 is 0 Å². The Bertz CT molecular complexity index is 136. The Balaban J connectivity index is 2.88. The van der Waals surface area contributed by atoms with E-state index in [1.54, 1.807) is 0 Å². The largest absolute Gasteiger partial charge is 0.481 e. The Morgan fingerprint density at radius 3 is 2.29 bits per heavy atom. The van der Waals surface area contributed by atoms with E-state index in [0.29, 0.717) is 13.2 Å². The van der Waals surface area contributed by atoms with Gasteiger partial charge < -0.3 is 14.6 Å². The Labute approximate surface area is 85.2 Å². The van der Waals surface area contributed by atoms with Gasteiger partial charge in [-0.1, -0.05) is 19.8 Å². The molecule has 0 unspecified atom stereocenters. The zero-order valence-corrected chi connectivity index (χ0v) is 8.83. The summed E-state index contributed by atoms with van der Waals surface area (Å²) in [7, 11) is 0. The molecule has 0 aliphatic carbocycles. The van der Waals surface area contributed by atoms with Crippen molar-refractivity contribution in [3.8, 4) is 0 Å². The van der Waals surface area contributed by atoms with Crippen molar-refractivity contribution in [3.05, 3.63) is 0 Å². The van der Waals surface area contributed by atoms with Crippen LogP contribution in [0.5, 0.6) is 0 Å². The van der Waals surface area contributed by atoms with Gasteiger partial charge in [0.25, 0.3) is 0 Å². The lowest BCUT2D eigenvalue weighted by Crippen LogP contribution is -2.08. The van der Waals surface area contributed by atoms with Crippen molar-refractivity contribution in [3.63, 3.8) is 0 Å². The van der Waals surface area contributed by atoms with Crippen LogP contribution in [0.25, 0.3) is 0 Å². The molecule has 0 bridgehead atoms. The van der Waals surface area contributed by atoms with E-state index in [9.17, 15) is 4.79 Å². The molecular weight excluding hydrogens is 184 g/mol. The van der Waals surface area contributed by atoms with E-state index in [-0.39, 0.29) is 13.0 Å². The number of carbonyl (C=O) groups is 1. The number of carboxylic acid groups (broad SMARTS) is 1. The molecule has 14 heavy (non-hydrogen) atoms. The number of rotatable bonds is 10. The number of carboxylic acids is 1. The minimum Gasteiger partial charge on any atom is -0.481 e. The lowest BCUT2D eigenvalue weighted by molar-refractivity contribution is -0.138. The Hall–Kier alpha value is -0.610. The van der Waals surface area contributed by atoms with Crippen LogP contribution in [0.2, 0.25) is 0 Å². The summed E-state index contributed by atoms with van der Waals surface area (Å²) in [5, 5.41) is 8.30. The molecule has 0 saturated carbocycles. The second kappa shape index (κ2) is 10.5. The van der Waals surface area contributed by atoms with Crippen molar-refractivity contribution >= 4 is 5.97 Å². The van der Waals surface area contributed by atoms with Gasteiger partial charge >= 0.3 is 5.97 Å². The first-order chi connectivity index (χ1) is 6.77. The molecule has 0 aromatic heterocycles. The van der Waals surface area contributed by atoms with Crippen molar-refractivity contribution in [2.75, 3.05) is 26.4 Å². The van der Waals surface area contributed by atoms with Crippen molar-refractivity contribution in [1.29, 1.82) is 0 Å². The maximum absolute atomic E-state index is 10.1. The second-order valence-electron chi connectivity index (χ2n) is 3.08. The van der Waals surface area contributed by atoms with Gasteiger partial charge in [0, 0.05) is 6.61 Å². The van der Waals surface area contributed by atoms with Gasteiger partial charge in [0.2, 0.25) is 0 Å². The van der Waals surface area contributed by atoms with E-state index in [2.05, 4.69) is 6.92 Å². The first kappa shape index (κ1) is 13.4. The van der Waals surface area contributed by atoms with Gasteiger partial charge in [-0.25, -0.2) is 0 Å². The number of unbranched alkanes of at least 4 members (excludes halogenated alkanes) is 2. The molecule has 0 aliphatic rings. The lowest BCUT2D eigenvalue weighted by Gasteiger charge is -2.04. The van der Waals surface area contributed by atoms with Gasteiger partial charge in [-0.15, -0.1) is 0 Å². The summed E-state index contributed by atoms with van der Waals surface area (Å²) in [6, 6.07) is 0. The van der Waals surface area contributed by atoms with Gasteiger partial charge in [0.15, 0.2) is 0 Å². The number of aliphatic carboxylic acids is 1. The summed E-state index contributed by atoms with van der Waals surface area (Å²) in [5.41, 5.74) is 0. The predicted molar refractivity (Wildman–Crippen MR) is 53.4 cm³/mol. The van der Waals surface area contributed by atoms with Crippen LogP contribution in [-0.2, 0) is 14.3 Å². The summed E-state index contributed by atoms with van der Waals surface area (Å²) in [6.07, 6.45) is 3.54. The monoisotopic (exact) mass is 204 g/mol. The highest BCUT2D eigenvalue weighted by Crippen LogP contribution is 1.93. The SMILES string of the molecule is CCCCCOCCOCCC(=O)O. The zero-order chi connectivity index (χ0) is 10.6. The van der Waals surface area contributed by atoms with E-state index in [0.717, 1.165) is 13.0 Å². The molecule has 0 spiro atoms. The summed E-state index contributed by atoms with van der Waals surface area (Å²) >= 11 is 0. The highest BCUT2D eigenvalue weighted by atomic mass is 16.5. The van der Waals surface area contributed by atoms with Gasteiger partial charge in [0.1, 0.15) is 0 Å². The molecule has 0 saturated heterocycles. The number of hydrogen-bond donors (Lipinski definition) is 1. The van der Waals surface area contributed by atoms with E-state index in [4.69, 9.17) is 14.6 Å². The third kappa shape index (κ3) is 11.4. The smallest absolute Gasteiger partial charge is 0.305 e. The number of ether oxygens (including phenoxy) is 2. The fourth-order valence-corrected chi connectivity index (χ4v) is 0.936. The molecule has 0 heterocycles. The van der Waals surface area contributed by atoms with Crippen LogP contribution in [0.1, 0.15) is 32.6 Å². The summed E-state index contributed by atoms with van der Waals surface area (Å²) in [4.78, 5) is 10.1. The van der Waals surface area contributed by atoms with E-state index >= 15 is 0 Å². The predicted octanol–water partition coefficient (Wildman–Crippen LogP) is 1.68. The Morgan fingerprint density at radius 1 is 1.07 bits per heavy atom. The highest BCUT2D eigenvalue weighted by Gasteiger charge is 1.95. The molecule has 0 aromatic carbocycles. The molecule has 1 N–H and O–H groups in total. The Morgan fingerprint density at radius 2 is 1.71 bits per heavy atom. The summed E-state index contributed by atoms with van der Waals surface area (Å²) in [5.74, 6) is -0.825. The molecule has 0 radical (unpaired) electrons. The molecule has 0 aliphatic heterocycles. The maximum atomic E-state index is 10.1. The van der Waals surface area contributed by atoms with Gasteiger partial charge in [-0.3, -0.25) is 4.79 Å². The van der Waals surface area contributed by atoms with Gasteiger partial charge in [-0.2, -0.15) is 0 Å². The molecule has 0 rings (SSSR count). The van der Waals surface area contributed by atoms with Crippen LogP contribution in [0, 0.1) is 0 Å². The van der Waals surface area contributed by atoms with Crippen LogP contribution in [0.4, 0.5) is 0 Å². The maximum Gasteiger partial charge on any atom is 0.305 e. The average molecular weight is 204 g/mol. The van der Waals surface area contributed by atoms with Crippen molar-refractivity contribution < 1.29 is 19.4 Å². The number of hydrogen-bond acceptors (Lipinski definition) is 3. The fourth-order valence-electron chi connectivity index (χ4n) is 0.936. The Kier molecular flexibility index (Phi) is 10.0. The van der Waals surface area contributed by atoms with Crippen molar-refractivity contribution in [2.45, 2.75) is 32.6 Å². The van der Waals surface area contributed by atoms with Crippen molar-refractivity contribution in [2.24, 2.45) is 0 Å². The van der Waals surface area contributed by atoms with Crippen LogP contribution >= 0.6 is 0 Å². The third-order valence-corrected chi connectivity index (χ3v) is 1.72. The minimum atomic E-state index is -0.825. The molecule has 0 atom stereocenters. The zero-order valence-electron chi connectivity index (χ0n) is 8.83. The van der Waals surface area contributed by atoms with Crippen LogP contribution in [0.15, 0.2) is 0 Å². The van der Waals surface area contributed by atoms with E-state index < -0.39 is 5.97 Å². The van der Waals surface area contributed by atoms with Crippen molar-refractivity contribution in [1.82, 2.24) is 0 Å². The average Bonchev–Trinajstić information content (AvgIpc) is 2.15. The highest BCUT2D eigenvalue weighted by molar-refractivity contribution is 5.66. The van der Waals surface area contributed by atoms with Crippen LogP contribution in [0.3, 0.4) is 0 Å². The van der Waals surface area contributed by atoms with E-state index in [1.165, 1.54) is 12.8 Å². The first-order valence-electron chi connectivity index (χ1n) is 5.14. The molecule has 4 heteroatoms.